The van der Waals surface area contributed by atoms with Gasteiger partial charge in [0.2, 0.25) is 0 Å². The van der Waals surface area contributed by atoms with E-state index in [1.807, 2.05) is 36.4 Å². The maximum absolute atomic E-state index is 12.4. The minimum atomic E-state index is -0.128. The largest absolute Gasteiger partial charge is 0.322 e. The van der Waals surface area contributed by atoms with E-state index in [2.05, 4.69) is 36.0 Å². The Morgan fingerprint density at radius 3 is 2.63 bits per heavy atom. The van der Waals surface area contributed by atoms with Crippen LogP contribution in [0.3, 0.4) is 0 Å². The minimum absolute atomic E-state index is 0.128. The van der Waals surface area contributed by atoms with Gasteiger partial charge in [0, 0.05) is 34.3 Å². The van der Waals surface area contributed by atoms with Crippen molar-refractivity contribution in [3.63, 3.8) is 0 Å². The van der Waals surface area contributed by atoms with E-state index in [1.54, 1.807) is 12.1 Å². The lowest BCUT2D eigenvalue weighted by atomic mass is 10.1. The highest BCUT2D eigenvalue weighted by Gasteiger charge is 2.15. The van der Waals surface area contributed by atoms with E-state index in [1.165, 1.54) is 25.7 Å². The van der Waals surface area contributed by atoms with Crippen molar-refractivity contribution >= 4 is 27.5 Å². The van der Waals surface area contributed by atoms with Crippen LogP contribution < -0.4 is 5.32 Å². The van der Waals surface area contributed by atoms with Gasteiger partial charge in [-0.3, -0.25) is 4.79 Å². The van der Waals surface area contributed by atoms with Gasteiger partial charge in [0.1, 0.15) is 5.82 Å². The standard InChI is InChI=1S/C21H21BrN4O/c22-17-7-5-6-16(14-17)21(27)23-18-11-9-15(10-12-18)20-25-24-19-8-3-1-2-4-13-26(19)20/h5-7,9-12,14H,1-4,8,13H2,(H,23,27). The second-order valence-corrected chi connectivity index (χ2v) is 7.71. The Balaban J connectivity index is 1.52. The number of fused-ring (bicyclic) bond motifs is 1. The predicted molar refractivity (Wildman–Crippen MR) is 110 cm³/mol. The second kappa shape index (κ2) is 8.05. The van der Waals surface area contributed by atoms with Gasteiger partial charge in [0.25, 0.3) is 5.91 Å². The highest BCUT2D eigenvalue weighted by Crippen LogP contribution is 2.24. The Morgan fingerprint density at radius 2 is 1.81 bits per heavy atom. The third kappa shape index (κ3) is 4.11. The monoisotopic (exact) mass is 424 g/mol. The van der Waals surface area contributed by atoms with Crippen LogP contribution >= 0.6 is 15.9 Å². The highest BCUT2D eigenvalue weighted by molar-refractivity contribution is 9.10. The van der Waals surface area contributed by atoms with Crippen LogP contribution in [0.25, 0.3) is 11.4 Å². The van der Waals surface area contributed by atoms with E-state index in [0.717, 1.165) is 40.3 Å². The molecule has 0 unspecified atom stereocenters. The first-order valence-corrected chi connectivity index (χ1v) is 10.1. The molecule has 1 aromatic heterocycles. The number of nitrogens with zero attached hydrogens (tertiary/aromatic N) is 3. The molecule has 0 radical (unpaired) electrons. The van der Waals surface area contributed by atoms with Crippen molar-refractivity contribution in [1.29, 1.82) is 0 Å². The predicted octanol–water partition coefficient (Wildman–Crippen LogP) is 5.08. The van der Waals surface area contributed by atoms with Crippen LogP contribution in [-0.2, 0) is 13.0 Å². The summed E-state index contributed by atoms with van der Waals surface area (Å²) in [6.07, 6.45) is 5.87. The van der Waals surface area contributed by atoms with Crippen LogP contribution in [0, 0.1) is 0 Å². The second-order valence-electron chi connectivity index (χ2n) is 6.80. The zero-order valence-electron chi connectivity index (χ0n) is 15.0. The molecule has 0 aliphatic carbocycles. The highest BCUT2D eigenvalue weighted by atomic mass is 79.9. The summed E-state index contributed by atoms with van der Waals surface area (Å²) in [5.41, 5.74) is 2.40. The summed E-state index contributed by atoms with van der Waals surface area (Å²) in [7, 11) is 0. The first-order valence-electron chi connectivity index (χ1n) is 9.30. The number of rotatable bonds is 3. The fraction of sp³-hybridized carbons (Fsp3) is 0.286. The Bertz CT molecular complexity index is 949. The SMILES string of the molecule is O=C(Nc1ccc(-c2nnc3n2CCCCCC3)cc1)c1cccc(Br)c1. The van der Waals surface area contributed by atoms with Crippen molar-refractivity contribution in [3.05, 3.63) is 64.4 Å². The fourth-order valence-electron chi connectivity index (χ4n) is 3.41. The molecule has 4 rings (SSSR count). The van der Waals surface area contributed by atoms with Crippen molar-refractivity contribution in [2.45, 2.75) is 38.6 Å². The molecule has 5 nitrogen and oxygen atoms in total. The number of carbonyl (C=O) groups excluding carboxylic acids is 1. The van der Waals surface area contributed by atoms with E-state index in [4.69, 9.17) is 0 Å². The molecule has 2 heterocycles. The maximum Gasteiger partial charge on any atom is 0.255 e. The summed E-state index contributed by atoms with van der Waals surface area (Å²) in [4.78, 5) is 12.4. The Hall–Kier alpha value is -2.47. The molecule has 6 heteroatoms. The molecule has 2 aromatic carbocycles. The molecule has 1 N–H and O–H groups in total. The fourth-order valence-corrected chi connectivity index (χ4v) is 3.81. The Labute approximate surface area is 167 Å². The summed E-state index contributed by atoms with van der Waals surface area (Å²) in [5.74, 6) is 1.87. The summed E-state index contributed by atoms with van der Waals surface area (Å²) >= 11 is 3.39. The molecular formula is C21H21BrN4O. The van der Waals surface area contributed by atoms with Crippen LogP contribution in [0.5, 0.6) is 0 Å². The number of hydrogen-bond acceptors (Lipinski definition) is 3. The number of hydrogen-bond donors (Lipinski definition) is 1. The number of aryl methyl sites for hydroxylation is 1. The van der Waals surface area contributed by atoms with Crippen molar-refractivity contribution in [3.8, 4) is 11.4 Å². The van der Waals surface area contributed by atoms with Crippen LogP contribution in [-0.4, -0.2) is 20.7 Å². The zero-order valence-corrected chi connectivity index (χ0v) is 16.6. The van der Waals surface area contributed by atoms with Crippen LogP contribution in [0.2, 0.25) is 0 Å². The molecule has 0 fully saturated rings. The number of aromatic nitrogens is 3. The molecule has 27 heavy (non-hydrogen) atoms. The smallest absolute Gasteiger partial charge is 0.255 e. The van der Waals surface area contributed by atoms with Gasteiger partial charge in [0.15, 0.2) is 5.82 Å². The third-order valence-electron chi connectivity index (χ3n) is 4.85. The van der Waals surface area contributed by atoms with Crippen LogP contribution in [0.15, 0.2) is 53.0 Å². The van der Waals surface area contributed by atoms with Gasteiger partial charge in [-0.15, -0.1) is 10.2 Å². The molecule has 1 aliphatic rings. The van der Waals surface area contributed by atoms with Crippen molar-refractivity contribution in [1.82, 2.24) is 14.8 Å². The van der Waals surface area contributed by atoms with Gasteiger partial charge >= 0.3 is 0 Å². The summed E-state index contributed by atoms with van der Waals surface area (Å²) in [6.45, 7) is 0.971. The van der Waals surface area contributed by atoms with Crippen molar-refractivity contribution in [2.75, 3.05) is 5.32 Å². The van der Waals surface area contributed by atoms with E-state index >= 15 is 0 Å². The molecule has 3 aromatic rings. The van der Waals surface area contributed by atoms with Crippen molar-refractivity contribution in [2.24, 2.45) is 0 Å². The first kappa shape index (κ1) is 17.9. The normalized spacial score (nSPS) is 14.1. The van der Waals surface area contributed by atoms with Crippen LogP contribution in [0.4, 0.5) is 5.69 Å². The van der Waals surface area contributed by atoms with E-state index < -0.39 is 0 Å². The summed E-state index contributed by atoms with van der Waals surface area (Å²) in [6, 6.07) is 15.2. The lowest BCUT2D eigenvalue weighted by molar-refractivity contribution is 0.102. The average molecular weight is 425 g/mol. The summed E-state index contributed by atoms with van der Waals surface area (Å²) < 4.78 is 3.13. The summed E-state index contributed by atoms with van der Waals surface area (Å²) in [5, 5.41) is 11.7. The van der Waals surface area contributed by atoms with Crippen LogP contribution in [0.1, 0.15) is 41.9 Å². The van der Waals surface area contributed by atoms with E-state index in [0.29, 0.717) is 5.56 Å². The molecule has 0 saturated heterocycles. The van der Waals surface area contributed by atoms with Gasteiger partial charge in [-0.2, -0.15) is 0 Å². The lowest BCUT2D eigenvalue weighted by Crippen LogP contribution is -2.11. The molecule has 0 spiro atoms. The Kier molecular flexibility index (Phi) is 5.34. The van der Waals surface area contributed by atoms with Gasteiger partial charge in [-0.1, -0.05) is 34.8 Å². The molecule has 138 valence electrons. The van der Waals surface area contributed by atoms with Crippen molar-refractivity contribution < 1.29 is 4.79 Å². The topological polar surface area (TPSA) is 59.8 Å². The first-order chi connectivity index (χ1) is 13.2. The molecule has 1 aliphatic heterocycles. The lowest BCUT2D eigenvalue weighted by Gasteiger charge is -2.13. The molecular weight excluding hydrogens is 404 g/mol. The van der Waals surface area contributed by atoms with Gasteiger partial charge in [-0.05, 0) is 55.3 Å². The van der Waals surface area contributed by atoms with E-state index in [-0.39, 0.29) is 5.91 Å². The molecule has 1 amide bonds. The maximum atomic E-state index is 12.4. The zero-order chi connectivity index (χ0) is 18.6. The number of halogens is 1. The average Bonchev–Trinajstić information content (AvgIpc) is 3.04. The van der Waals surface area contributed by atoms with E-state index in [9.17, 15) is 4.79 Å². The molecule has 0 atom stereocenters. The minimum Gasteiger partial charge on any atom is -0.322 e. The number of nitrogens with one attached hydrogen (secondary N) is 1. The number of amides is 1. The molecule has 0 saturated carbocycles. The van der Waals surface area contributed by atoms with Gasteiger partial charge < -0.3 is 9.88 Å². The van der Waals surface area contributed by atoms with Gasteiger partial charge in [0.05, 0.1) is 0 Å². The number of anilines is 1. The Morgan fingerprint density at radius 1 is 1.00 bits per heavy atom. The number of carbonyl (C=O) groups is 1. The number of benzene rings is 2. The third-order valence-corrected chi connectivity index (χ3v) is 5.34. The molecule has 0 bridgehead atoms. The quantitative estimate of drug-likeness (QED) is 0.637. The van der Waals surface area contributed by atoms with Gasteiger partial charge in [-0.25, -0.2) is 0 Å².